The van der Waals surface area contributed by atoms with Gasteiger partial charge in [-0.15, -0.1) is 0 Å². The molecule has 0 aromatic carbocycles. The zero-order valence-corrected chi connectivity index (χ0v) is 12.1. The first-order valence-corrected chi connectivity index (χ1v) is 6.43. The van der Waals surface area contributed by atoms with Crippen molar-refractivity contribution in [1.29, 1.82) is 0 Å². The Morgan fingerprint density at radius 2 is 2.05 bits per heavy atom. The van der Waals surface area contributed by atoms with Gasteiger partial charge in [-0.2, -0.15) is 0 Å². The molecule has 0 unspecified atom stereocenters. The first-order chi connectivity index (χ1) is 9.08. The molecule has 100 valence electrons. The monoisotopic (exact) mass is 325 g/mol. The summed E-state index contributed by atoms with van der Waals surface area (Å²) in [5.74, 6) is -0.831. The number of methoxy groups -OCH3 is 1. The second-order valence-corrected chi connectivity index (χ2v) is 4.61. The van der Waals surface area contributed by atoms with Crippen LogP contribution >= 0.6 is 15.9 Å². The predicted octanol–water partition coefficient (Wildman–Crippen LogP) is 2.67. The standard InChI is InChI=1S/C13H12BrNO4/c1-3-19-12(16)8-4-5-15-10(6-8)9(14)7-11(15)13(17)18-2/h4-7H,3H2,1-2H3. The summed E-state index contributed by atoms with van der Waals surface area (Å²) in [6.45, 7) is 2.07. The highest BCUT2D eigenvalue weighted by atomic mass is 79.9. The van der Waals surface area contributed by atoms with Gasteiger partial charge in [0.25, 0.3) is 0 Å². The van der Waals surface area contributed by atoms with E-state index in [-0.39, 0.29) is 0 Å². The molecule has 2 aromatic heterocycles. The van der Waals surface area contributed by atoms with Crippen LogP contribution in [0.2, 0.25) is 0 Å². The SMILES string of the molecule is CCOC(=O)c1ccn2c(C(=O)OC)cc(Br)c2c1. The molecule has 0 amide bonds. The molecule has 0 bridgehead atoms. The Labute approximate surface area is 118 Å². The molecule has 0 atom stereocenters. The number of hydrogen-bond acceptors (Lipinski definition) is 4. The van der Waals surface area contributed by atoms with Crippen molar-refractivity contribution in [2.75, 3.05) is 13.7 Å². The van der Waals surface area contributed by atoms with Gasteiger partial charge >= 0.3 is 11.9 Å². The molecule has 0 radical (unpaired) electrons. The second kappa shape index (κ2) is 5.44. The number of aromatic nitrogens is 1. The summed E-state index contributed by atoms with van der Waals surface area (Å²) < 4.78 is 12.0. The average Bonchev–Trinajstić information content (AvgIpc) is 2.75. The molecule has 19 heavy (non-hydrogen) atoms. The maximum Gasteiger partial charge on any atom is 0.355 e. The van der Waals surface area contributed by atoms with E-state index in [0.717, 1.165) is 0 Å². The Bertz CT molecular complexity index is 647. The first kappa shape index (κ1) is 13.6. The van der Waals surface area contributed by atoms with Crippen LogP contribution in [0.3, 0.4) is 0 Å². The van der Waals surface area contributed by atoms with Crippen LogP contribution in [-0.4, -0.2) is 30.1 Å². The molecule has 6 heteroatoms. The Morgan fingerprint density at radius 3 is 2.68 bits per heavy atom. The van der Waals surface area contributed by atoms with Crippen molar-refractivity contribution < 1.29 is 19.1 Å². The van der Waals surface area contributed by atoms with Crippen molar-refractivity contribution in [1.82, 2.24) is 4.40 Å². The van der Waals surface area contributed by atoms with Gasteiger partial charge in [-0.1, -0.05) is 0 Å². The number of ether oxygens (including phenoxy) is 2. The zero-order chi connectivity index (χ0) is 14.0. The van der Waals surface area contributed by atoms with Crippen molar-refractivity contribution in [2.24, 2.45) is 0 Å². The van der Waals surface area contributed by atoms with Gasteiger partial charge in [-0.05, 0) is 41.1 Å². The molecule has 0 spiro atoms. The molecule has 0 aliphatic carbocycles. The van der Waals surface area contributed by atoms with Gasteiger partial charge in [0.05, 0.1) is 24.8 Å². The van der Waals surface area contributed by atoms with Crippen molar-refractivity contribution in [3.63, 3.8) is 0 Å². The van der Waals surface area contributed by atoms with Crippen molar-refractivity contribution in [2.45, 2.75) is 6.92 Å². The maximum atomic E-state index is 11.7. The molecule has 5 nitrogen and oxygen atoms in total. The van der Waals surface area contributed by atoms with E-state index in [2.05, 4.69) is 15.9 Å². The highest BCUT2D eigenvalue weighted by Crippen LogP contribution is 2.24. The molecular formula is C13H12BrNO4. The van der Waals surface area contributed by atoms with Gasteiger partial charge in [0.15, 0.2) is 0 Å². The number of carbonyl (C=O) groups is 2. The molecular weight excluding hydrogens is 314 g/mol. The van der Waals surface area contributed by atoms with Gasteiger partial charge in [0.1, 0.15) is 5.69 Å². The van der Waals surface area contributed by atoms with Crippen LogP contribution in [0.5, 0.6) is 0 Å². The lowest BCUT2D eigenvalue weighted by Crippen LogP contribution is -2.07. The fraction of sp³-hybridized carbons (Fsp3) is 0.231. The maximum absolute atomic E-state index is 11.7. The first-order valence-electron chi connectivity index (χ1n) is 5.64. The molecule has 0 aliphatic heterocycles. The molecule has 0 N–H and O–H groups in total. The number of halogens is 1. The van der Waals surface area contributed by atoms with Gasteiger partial charge in [0, 0.05) is 10.7 Å². The minimum atomic E-state index is -0.440. The van der Waals surface area contributed by atoms with E-state index in [0.29, 0.717) is 27.9 Å². The Hall–Kier alpha value is -1.82. The van der Waals surface area contributed by atoms with Crippen LogP contribution in [-0.2, 0) is 9.47 Å². The second-order valence-electron chi connectivity index (χ2n) is 3.76. The summed E-state index contributed by atoms with van der Waals surface area (Å²) in [6, 6.07) is 4.91. The van der Waals surface area contributed by atoms with Crippen LogP contribution in [0.4, 0.5) is 0 Å². The van der Waals surface area contributed by atoms with E-state index in [1.54, 1.807) is 35.7 Å². The Kier molecular flexibility index (Phi) is 3.90. The fourth-order valence-electron chi connectivity index (χ4n) is 1.76. The molecule has 2 rings (SSSR count). The lowest BCUT2D eigenvalue weighted by molar-refractivity contribution is 0.0525. The van der Waals surface area contributed by atoms with Gasteiger partial charge in [0.2, 0.25) is 0 Å². The predicted molar refractivity (Wildman–Crippen MR) is 72.4 cm³/mol. The van der Waals surface area contributed by atoms with Crippen molar-refractivity contribution in [3.8, 4) is 0 Å². The normalized spacial score (nSPS) is 10.5. The minimum absolute atomic E-state index is 0.319. The average molecular weight is 326 g/mol. The topological polar surface area (TPSA) is 57.0 Å². The molecule has 0 saturated carbocycles. The number of fused-ring (bicyclic) bond motifs is 1. The molecule has 2 heterocycles. The number of esters is 2. The lowest BCUT2D eigenvalue weighted by atomic mass is 10.2. The fourth-order valence-corrected chi connectivity index (χ4v) is 2.28. The minimum Gasteiger partial charge on any atom is -0.464 e. The molecule has 0 fully saturated rings. The van der Waals surface area contributed by atoms with Crippen LogP contribution in [0.1, 0.15) is 27.8 Å². The third-order valence-electron chi connectivity index (χ3n) is 2.63. The van der Waals surface area contributed by atoms with E-state index in [1.165, 1.54) is 7.11 Å². The van der Waals surface area contributed by atoms with E-state index in [4.69, 9.17) is 9.47 Å². The Balaban J connectivity index is 2.53. The summed E-state index contributed by atoms with van der Waals surface area (Å²) in [5.41, 5.74) is 1.52. The summed E-state index contributed by atoms with van der Waals surface area (Å²) in [4.78, 5) is 23.3. The van der Waals surface area contributed by atoms with E-state index >= 15 is 0 Å². The zero-order valence-electron chi connectivity index (χ0n) is 10.5. The highest BCUT2D eigenvalue weighted by Gasteiger charge is 2.16. The summed E-state index contributed by atoms with van der Waals surface area (Å²) in [7, 11) is 1.32. The van der Waals surface area contributed by atoms with Crippen LogP contribution < -0.4 is 0 Å². The smallest absolute Gasteiger partial charge is 0.355 e. The van der Waals surface area contributed by atoms with Crippen molar-refractivity contribution in [3.05, 3.63) is 40.1 Å². The van der Waals surface area contributed by atoms with Crippen LogP contribution in [0.15, 0.2) is 28.9 Å². The van der Waals surface area contributed by atoms with Crippen LogP contribution in [0.25, 0.3) is 5.52 Å². The largest absolute Gasteiger partial charge is 0.464 e. The number of carbonyl (C=O) groups excluding carboxylic acids is 2. The number of hydrogen-bond donors (Lipinski definition) is 0. The van der Waals surface area contributed by atoms with E-state index in [1.807, 2.05) is 0 Å². The highest BCUT2D eigenvalue weighted by molar-refractivity contribution is 9.10. The Morgan fingerprint density at radius 1 is 1.32 bits per heavy atom. The number of rotatable bonds is 3. The number of nitrogens with zero attached hydrogens (tertiary/aromatic N) is 1. The summed E-state index contributed by atoms with van der Waals surface area (Å²) >= 11 is 3.36. The van der Waals surface area contributed by atoms with Crippen LogP contribution in [0, 0.1) is 0 Å². The number of pyridine rings is 1. The summed E-state index contributed by atoms with van der Waals surface area (Å²) in [6.07, 6.45) is 1.64. The molecule has 2 aromatic rings. The van der Waals surface area contributed by atoms with Gasteiger partial charge < -0.3 is 13.9 Å². The molecule has 0 saturated heterocycles. The molecule has 0 aliphatic rings. The third-order valence-corrected chi connectivity index (χ3v) is 3.26. The third kappa shape index (κ3) is 2.49. The van der Waals surface area contributed by atoms with E-state index < -0.39 is 11.9 Å². The van der Waals surface area contributed by atoms with Gasteiger partial charge in [-0.25, -0.2) is 9.59 Å². The summed E-state index contributed by atoms with van der Waals surface area (Å²) in [5, 5.41) is 0. The lowest BCUT2D eigenvalue weighted by Gasteiger charge is -2.04. The van der Waals surface area contributed by atoms with Gasteiger partial charge in [-0.3, -0.25) is 0 Å². The van der Waals surface area contributed by atoms with E-state index in [9.17, 15) is 9.59 Å². The van der Waals surface area contributed by atoms with Crippen molar-refractivity contribution >= 4 is 33.4 Å². The quantitative estimate of drug-likeness (QED) is 0.814.